The predicted molar refractivity (Wildman–Crippen MR) is 44.1 cm³/mol. The van der Waals surface area contributed by atoms with Crippen molar-refractivity contribution in [1.29, 1.82) is 0 Å². The molecule has 0 heterocycles. The van der Waals surface area contributed by atoms with Crippen molar-refractivity contribution in [2.75, 3.05) is 6.61 Å². The Morgan fingerprint density at radius 1 is 1.36 bits per heavy atom. The summed E-state index contributed by atoms with van der Waals surface area (Å²) in [4.78, 5) is 0. The van der Waals surface area contributed by atoms with Crippen LogP contribution >= 0.6 is 0 Å². The van der Waals surface area contributed by atoms with E-state index in [1.54, 1.807) is 0 Å². The Morgan fingerprint density at radius 3 is 2.55 bits per heavy atom. The first-order valence-electron chi connectivity index (χ1n) is 4.63. The van der Waals surface area contributed by atoms with Crippen molar-refractivity contribution in [2.24, 2.45) is 17.1 Å². The Balaban J connectivity index is 1.94. The molecule has 2 unspecified atom stereocenters. The molecule has 2 atom stereocenters. The van der Waals surface area contributed by atoms with Crippen LogP contribution in [0.4, 0.5) is 0 Å². The van der Waals surface area contributed by atoms with Crippen LogP contribution in [0.5, 0.6) is 0 Å². The quantitative estimate of drug-likeness (QED) is 0.590. The molecule has 0 radical (unpaired) electrons. The van der Waals surface area contributed by atoms with Gasteiger partial charge in [-0.25, -0.2) is 0 Å². The lowest BCUT2D eigenvalue weighted by Crippen LogP contribution is -2.38. The summed E-state index contributed by atoms with van der Waals surface area (Å²) in [6.07, 6.45) is 6.19. The van der Waals surface area contributed by atoms with Crippen molar-refractivity contribution in [1.82, 2.24) is 0 Å². The van der Waals surface area contributed by atoms with Gasteiger partial charge in [0.05, 0.1) is 0 Å². The third-order valence-electron chi connectivity index (χ3n) is 3.57. The molecule has 2 nitrogen and oxygen atoms in total. The van der Waals surface area contributed by atoms with Crippen LogP contribution in [-0.4, -0.2) is 17.8 Å². The van der Waals surface area contributed by atoms with Crippen LogP contribution in [-0.2, 0) is 0 Å². The number of aliphatic hydroxyl groups excluding tert-OH is 1. The fourth-order valence-electron chi connectivity index (χ4n) is 2.35. The molecule has 0 aromatic rings. The maximum atomic E-state index is 8.94. The van der Waals surface area contributed by atoms with E-state index >= 15 is 0 Å². The minimum absolute atomic E-state index is 0.337. The van der Waals surface area contributed by atoms with E-state index < -0.39 is 0 Å². The number of aliphatic hydroxyl groups is 1. The summed E-state index contributed by atoms with van der Waals surface area (Å²) in [5.41, 5.74) is 6.56. The Bertz CT molecular complexity index is 154. The second-order valence-electron chi connectivity index (χ2n) is 4.29. The highest BCUT2D eigenvalue weighted by molar-refractivity contribution is 5.04. The summed E-state index contributed by atoms with van der Waals surface area (Å²) in [5, 5.41) is 8.94. The highest BCUT2D eigenvalue weighted by Gasteiger charge is 2.50. The zero-order valence-electron chi connectivity index (χ0n) is 6.92. The maximum absolute atomic E-state index is 8.94. The SMILES string of the molecule is NC1CC(CO)CCC12CC2. The first-order chi connectivity index (χ1) is 5.27. The van der Waals surface area contributed by atoms with Gasteiger partial charge in [-0.1, -0.05) is 0 Å². The van der Waals surface area contributed by atoms with E-state index in [2.05, 4.69) is 0 Å². The molecule has 0 amide bonds. The van der Waals surface area contributed by atoms with Gasteiger partial charge in [-0.2, -0.15) is 0 Å². The normalized spacial score (nSPS) is 40.9. The largest absolute Gasteiger partial charge is 0.396 e. The number of hydrogen-bond donors (Lipinski definition) is 2. The Kier molecular flexibility index (Phi) is 1.69. The van der Waals surface area contributed by atoms with Crippen LogP contribution in [0.2, 0.25) is 0 Å². The van der Waals surface area contributed by atoms with Crippen LogP contribution in [0, 0.1) is 11.3 Å². The minimum Gasteiger partial charge on any atom is -0.396 e. The molecular weight excluding hydrogens is 138 g/mol. The molecule has 0 aromatic carbocycles. The second-order valence-corrected chi connectivity index (χ2v) is 4.29. The Morgan fingerprint density at radius 2 is 2.09 bits per heavy atom. The van der Waals surface area contributed by atoms with E-state index in [9.17, 15) is 0 Å². The van der Waals surface area contributed by atoms with Crippen LogP contribution in [0.15, 0.2) is 0 Å². The lowest BCUT2D eigenvalue weighted by Gasteiger charge is -2.33. The summed E-state index contributed by atoms with van der Waals surface area (Å²) in [6, 6.07) is 0.383. The highest BCUT2D eigenvalue weighted by atomic mass is 16.3. The van der Waals surface area contributed by atoms with Gasteiger partial charge in [-0.3, -0.25) is 0 Å². The zero-order chi connectivity index (χ0) is 7.90. The number of hydrogen-bond acceptors (Lipinski definition) is 2. The van der Waals surface area contributed by atoms with Gasteiger partial charge in [0.1, 0.15) is 0 Å². The Labute approximate surface area is 67.8 Å². The molecule has 0 saturated heterocycles. The topological polar surface area (TPSA) is 46.2 Å². The average Bonchev–Trinajstić information content (AvgIpc) is 2.77. The smallest absolute Gasteiger partial charge is 0.0459 e. The molecule has 0 aromatic heterocycles. The van der Waals surface area contributed by atoms with Gasteiger partial charge < -0.3 is 10.8 Å². The second kappa shape index (κ2) is 2.46. The zero-order valence-corrected chi connectivity index (χ0v) is 6.92. The van der Waals surface area contributed by atoms with Crippen molar-refractivity contribution < 1.29 is 5.11 Å². The highest BCUT2D eigenvalue weighted by Crippen LogP contribution is 2.56. The van der Waals surface area contributed by atoms with Crippen molar-refractivity contribution in [3.8, 4) is 0 Å². The van der Waals surface area contributed by atoms with Gasteiger partial charge in [0.25, 0.3) is 0 Å². The molecule has 11 heavy (non-hydrogen) atoms. The first kappa shape index (κ1) is 7.56. The Hall–Kier alpha value is -0.0800. The van der Waals surface area contributed by atoms with Crippen molar-refractivity contribution in [2.45, 2.75) is 38.1 Å². The van der Waals surface area contributed by atoms with Gasteiger partial charge in [-0.05, 0) is 43.4 Å². The van der Waals surface area contributed by atoms with Crippen LogP contribution in [0.3, 0.4) is 0 Å². The van der Waals surface area contributed by atoms with Crippen LogP contribution in [0.25, 0.3) is 0 Å². The molecule has 3 N–H and O–H groups in total. The van der Waals surface area contributed by atoms with E-state index in [4.69, 9.17) is 10.8 Å². The average molecular weight is 155 g/mol. The summed E-state index contributed by atoms with van der Waals surface area (Å²) in [5.74, 6) is 0.497. The lowest BCUT2D eigenvalue weighted by molar-refractivity contribution is 0.143. The number of nitrogens with two attached hydrogens (primary N) is 1. The molecular formula is C9H17NO. The third kappa shape index (κ3) is 1.18. The van der Waals surface area contributed by atoms with E-state index in [0.717, 1.165) is 6.42 Å². The fourth-order valence-corrected chi connectivity index (χ4v) is 2.35. The summed E-state index contributed by atoms with van der Waals surface area (Å²) < 4.78 is 0. The van der Waals surface area contributed by atoms with Gasteiger partial charge in [0, 0.05) is 12.6 Å². The third-order valence-corrected chi connectivity index (χ3v) is 3.57. The van der Waals surface area contributed by atoms with E-state index in [0.29, 0.717) is 24.0 Å². The molecule has 2 aliphatic rings. The van der Waals surface area contributed by atoms with E-state index in [1.807, 2.05) is 0 Å². The van der Waals surface area contributed by atoms with Gasteiger partial charge in [0.2, 0.25) is 0 Å². The standard InChI is InChI=1S/C9H17NO/c10-8-5-7(6-11)1-2-9(8)3-4-9/h7-8,11H,1-6,10H2. The first-order valence-corrected chi connectivity index (χ1v) is 4.63. The number of rotatable bonds is 1. The molecule has 2 saturated carbocycles. The van der Waals surface area contributed by atoms with E-state index in [-0.39, 0.29) is 0 Å². The molecule has 2 aliphatic carbocycles. The van der Waals surface area contributed by atoms with Crippen molar-refractivity contribution in [3.63, 3.8) is 0 Å². The van der Waals surface area contributed by atoms with Crippen molar-refractivity contribution >= 4 is 0 Å². The molecule has 2 heteroatoms. The summed E-state index contributed by atoms with van der Waals surface area (Å²) in [6.45, 7) is 0.337. The van der Waals surface area contributed by atoms with Crippen molar-refractivity contribution in [3.05, 3.63) is 0 Å². The van der Waals surface area contributed by atoms with Gasteiger partial charge in [0.15, 0.2) is 0 Å². The molecule has 64 valence electrons. The molecule has 1 spiro atoms. The van der Waals surface area contributed by atoms with E-state index in [1.165, 1.54) is 25.7 Å². The molecule has 0 bridgehead atoms. The summed E-state index contributed by atoms with van der Waals surface area (Å²) in [7, 11) is 0. The van der Waals surface area contributed by atoms with Crippen LogP contribution in [0.1, 0.15) is 32.1 Å². The molecule has 0 aliphatic heterocycles. The van der Waals surface area contributed by atoms with Crippen LogP contribution < -0.4 is 5.73 Å². The lowest BCUT2D eigenvalue weighted by atomic mass is 9.76. The molecule has 2 fully saturated rings. The molecule has 2 rings (SSSR count). The summed E-state index contributed by atoms with van der Waals surface area (Å²) >= 11 is 0. The van der Waals surface area contributed by atoms with Gasteiger partial charge in [-0.15, -0.1) is 0 Å². The monoisotopic (exact) mass is 155 g/mol. The minimum atomic E-state index is 0.337. The van der Waals surface area contributed by atoms with Gasteiger partial charge >= 0.3 is 0 Å². The maximum Gasteiger partial charge on any atom is 0.0459 e. The fraction of sp³-hybridized carbons (Fsp3) is 1.00. The predicted octanol–water partition coefficient (Wildman–Crippen LogP) is 0.886.